The summed E-state index contributed by atoms with van der Waals surface area (Å²) in [6, 6.07) is 13.1. The molecule has 1 aromatic heterocycles. The highest BCUT2D eigenvalue weighted by atomic mass is 32.1. The number of aryl methyl sites for hydroxylation is 1. The standard InChI is InChI=1S/C21H24N2O3S/c1-15-7-9-19(27-15)18(24)8-10-20(25)23-13-11-16(12-14-23)21(26)22-17-5-3-2-4-6-17/h2-7,9,16H,8,10-14H2,1H3,(H,22,26). The minimum atomic E-state index is -0.0787. The van der Waals surface area contributed by atoms with E-state index in [-0.39, 0.29) is 36.4 Å². The van der Waals surface area contributed by atoms with Crippen molar-refractivity contribution in [2.45, 2.75) is 32.6 Å². The fourth-order valence-electron chi connectivity index (χ4n) is 3.24. The van der Waals surface area contributed by atoms with Gasteiger partial charge in [0.2, 0.25) is 11.8 Å². The fourth-order valence-corrected chi connectivity index (χ4v) is 4.08. The van der Waals surface area contributed by atoms with Crippen molar-refractivity contribution in [2.24, 2.45) is 5.92 Å². The van der Waals surface area contributed by atoms with Gasteiger partial charge in [-0.1, -0.05) is 18.2 Å². The Morgan fingerprint density at radius 2 is 1.74 bits per heavy atom. The summed E-state index contributed by atoms with van der Waals surface area (Å²) in [7, 11) is 0. The number of ketones is 1. The van der Waals surface area contributed by atoms with Crippen LogP contribution in [0, 0.1) is 12.8 Å². The maximum absolute atomic E-state index is 12.4. The zero-order chi connectivity index (χ0) is 19.2. The number of hydrogen-bond donors (Lipinski definition) is 1. The van der Waals surface area contributed by atoms with Gasteiger partial charge in [0.15, 0.2) is 5.78 Å². The zero-order valence-corrected chi connectivity index (χ0v) is 16.3. The Kier molecular flexibility index (Phi) is 6.40. The summed E-state index contributed by atoms with van der Waals surface area (Å²) in [5, 5.41) is 2.93. The molecule has 0 spiro atoms. The van der Waals surface area contributed by atoms with Crippen LogP contribution in [0.5, 0.6) is 0 Å². The molecule has 3 rings (SSSR count). The van der Waals surface area contributed by atoms with Crippen LogP contribution in [0.2, 0.25) is 0 Å². The Morgan fingerprint density at radius 1 is 1.04 bits per heavy atom. The lowest BCUT2D eigenvalue weighted by Crippen LogP contribution is -2.41. The van der Waals surface area contributed by atoms with Gasteiger partial charge in [0.1, 0.15) is 0 Å². The van der Waals surface area contributed by atoms with E-state index in [1.807, 2.05) is 49.4 Å². The molecule has 2 heterocycles. The molecule has 2 amide bonds. The highest BCUT2D eigenvalue weighted by molar-refractivity contribution is 7.14. The van der Waals surface area contributed by atoms with Gasteiger partial charge in [0, 0.05) is 42.4 Å². The van der Waals surface area contributed by atoms with Crippen molar-refractivity contribution in [1.29, 1.82) is 0 Å². The predicted molar refractivity (Wildman–Crippen MR) is 107 cm³/mol. The van der Waals surface area contributed by atoms with Crippen molar-refractivity contribution < 1.29 is 14.4 Å². The summed E-state index contributed by atoms with van der Waals surface area (Å²) < 4.78 is 0. The molecule has 1 fully saturated rings. The molecule has 1 N–H and O–H groups in total. The van der Waals surface area contributed by atoms with Crippen molar-refractivity contribution in [2.75, 3.05) is 18.4 Å². The molecule has 6 heteroatoms. The van der Waals surface area contributed by atoms with Gasteiger partial charge in [-0.3, -0.25) is 14.4 Å². The van der Waals surface area contributed by atoms with Crippen LogP contribution in [0.4, 0.5) is 5.69 Å². The molecular formula is C21H24N2O3S. The quantitative estimate of drug-likeness (QED) is 0.768. The van der Waals surface area contributed by atoms with Crippen molar-refractivity contribution in [3.8, 4) is 0 Å². The highest BCUT2D eigenvalue weighted by Gasteiger charge is 2.27. The third kappa shape index (κ3) is 5.26. The molecule has 0 bridgehead atoms. The number of Topliss-reactive ketones (excluding diaryl/α,β-unsaturated/α-hetero) is 1. The first kappa shape index (κ1) is 19.3. The first-order chi connectivity index (χ1) is 13.0. The number of hydrogen-bond acceptors (Lipinski definition) is 4. The highest BCUT2D eigenvalue weighted by Crippen LogP contribution is 2.21. The van der Waals surface area contributed by atoms with Crippen LogP contribution < -0.4 is 5.32 Å². The molecule has 0 atom stereocenters. The fraction of sp³-hybridized carbons (Fsp3) is 0.381. The van der Waals surface area contributed by atoms with Crippen LogP contribution in [-0.4, -0.2) is 35.6 Å². The second kappa shape index (κ2) is 8.95. The third-order valence-corrected chi connectivity index (χ3v) is 5.88. The molecule has 0 saturated carbocycles. The van der Waals surface area contributed by atoms with E-state index in [0.29, 0.717) is 25.9 Å². The van der Waals surface area contributed by atoms with Gasteiger partial charge < -0.3 is 10.2 Å². The van der Waals surface area contributed by atoms with Gasteiger partial charge in [-0.25, -0.2) is 0 Å². The summed E-state index contributed by atoms with van der Waals surface area (Å²) >= 11 is 1.47. The molecule has 27 heavy (non-hydrogen) atoms. The molecule has 2 aromatic rings. The largest absolute Gasteiger partial charge is 0.343 e. The smallest absolute Gasteiger partial charge is 0.227 e. The van der Waals surface area contributed by atoms with Gasteiger partial charge in [-0.05, 0) is 44.0 Å². The molecule has 0 aliphatic carbocycles. The van der Waals surface area contributed by atoms with Gasteiger partial charge >= 0.3 is 0 Å². The first-order valence-electron chi connectivity index (χ1n) is 9.26. The number of nitrogens with one attached hydrogen (secondary N) is 1. The van der Waals surface area contributed by atoms with E-state index in [9.17, 15) is 14.4 Å². The average molecular weight is 385 g/mol. The predicted octanol–water partition coefficient (Wildman–Crippen LogP) is 3.90. The Balaban J connectivity index is 1.42. The molecule has 142 valence electrons. The van der Waals surface area contributed by atoms with Gasteiger partial charge in [0.05, 0.1) is 4.88 Å². The summed E-state index contributed by atoms with van der Waals surface area (Å²) in [5.74, 6) is -0.0429. The monoisotopic (exact) mass is 384 g/mol. The normalized spacial score (nSPS) is 14.8. The zero-order valence-electron chi connectivity index (χ0n) is 15.4. The summed E-state index contributed by atoms with van der Waals surface area (Å²) in [5.41, 5.74) is 0.795. The summed E-state index contributed by atoms with van der Waals surface area (Å²) in [6.07, 6.45) is 1.79. The third-order valence-electron chi connectivity index (χ3n) is 4.84. The van der Waals surface area contributed by atoms with Gasteiger partial charge in [-0.2, -0.15) is 0 Å². The van der Waals surface area contributed by atoms with E-state index in [1.54, 1.807) is 4.90 Å². The minimum absolute atomic E-state index is 0.00135. The Hall–Kier alpha value is -2.47. The maximum atomic E-state index is 12.4. The van der Waals surface area contributed by atoms with Crippen LogP contribution in [-0.2, 0) is 9.59 Å². The molecule has 1 saturated heterocycles. The van der Waals surface area contributed by atoms with Crippen LogP contribution in [0.25, 0.3) is 0 Å². The minimum Gasteiger partial charge on any atom is -0.343 e. The van der Waals surface area contributed by atoms with Gasteiger partial charge in [0.25, 0.3) is 0 Å². The lowest BCUT2D eigenvalue weighted by atomic mass is 9.95. The SMILES string of the molecule is Cc1ccc(C(=O)CCC(=O)N2CCC(C(=O)Nc3ccccc3)CC2)s1. The molecule has 1 aliphatic heterocycles. The number of para-hydroxylation sites is 1. The van der Waals surface area contributed by atoms with E-state index in [2.05, 4.69) is 5.32 Å². The lowest BCUT2D eigenvalue weighted by molar-refractivity contribution is -0.134. The lowest BCUT2D eigenvalue weighted by Gasteiger charge is -2.31. The number of amides is 2. The van der Waals surface area contributed by atoms with E-state index in [1.165, 1.54) is 11.3 Å². The van der Waals surface area contributed by atoms with Crippen LogP contribution in [0.3, 0.4) is 0 Å². The van der Waals surface area contributed by atoms with Gasteiger partial charge in [-0.15, -0.1) is 11.3 Å². The van der Waals surface area contributed by atoms with Crippen molar-refractivity contribution in [3.63, 3.8) is 0 Å². The number of thiophene rings is 1. The Labute approximate surface area is 163 Å². The Bertz CT molecular complexity index is 808. The van der Waals surface area contributed by atoms with Crippen molar-refractivity contribution in [3.05, 3.63) is 52.2 Å². The van der Waals surface area contributed by atoms with Crippen molar-refractivity contribution >= 4 is 34.6 Å². The number of benzene rings is 1. The first-order valence-corrected chi connectivity index (χ1v) is 10.1. The number of likely N-dealkylation sites (tertiary alicyclic amines) is 1. The van der Waals surface area contributed by atoms with Crippen LogP contribution in [0.1, 0.15) is 40.2 Å². The number of carbonyl (C=O) groups excluding carboxylic acids is 3. The van der Waals surface area contributed by atoms with Crippen LogP contribution in [0.15, 0.2) is 42.5 Å². The van der Waals surface area contributed by atoms with E-state index in [0.717, 1.165) is 15.4 Å². The molecule has 1 aliphatic rings. The Morgan fingerprint density at radius 3 is 2.37 bits per heavy atom. The number of anilines is 1. The second-order valence-corrected chi connectivity index (χ2v) is 8.13. The van der Waals surface area contributed by atoms with E-state index < -0.39 is 0 Å². The van der Waals surface area contributed by atoms with Crippen LogP contribution >= 0.6 is 11.3 Å². The second-order valence-electron chi connectivity index (χ2n) is 6.84. The van der Waals surface area contributed by atoms with Crippen molar-refractivity contribution in [1.82, 2.24) is 4.90 Å². The number of rotatable bonds is 6. The van der Waals surface area contributed by atoms with E-state index in [4.69, 9.17) is 0 Å². The molecule has 0 unspecified atom stereocenters. The number of nitrogens with zero attached hydrogens (tertiary/aromatic N) is 1. The number of piperidine rings is 1. The summed E-state index contributed by atoms with van der Waals surface area (Å²) in [4.78, 5) is 40.5. The summed E-state index contributed by atoms with van der Waals surface area (Å²) in [6.45, 7) is 3.10. The molecule has 0 radical (unpaired) electrons. The molecule has 5 nitrogen and oxygen atoms in total. The molecular weight excluding hydrogens is 360 g/mol. The molecule has 1 aromatic carbocycles. The number of carbonyl (C=O) groups is 3. The maximum Gasteiger partial charge on any atom is 0.227 e. The average Bonchev–Trinajstić information content (AvgIpc) is 3.13. The van der Waals surface area contributed by atoms with E-state index >= 15 is 0 Å². The topological polar surface area (TPSA) is 66.5 Å².